The minimum Gasteiger partial charge on any atom is -0.316 e. The quantitative estimate of drug-likeness (QED) is 0.898. The Kier molecular flexibility index (Phi) is 5.49. The maximum atomic E-state index is 12.9. The van der Waals surface area contributed by atoms with Crippen LogP contribution in [0.2, 0.25) is 5.02 Å². The molecule has 1 aromatic heterocycles. The summed E-state index contributed by atoms with van der Waals surface area (Å²) in [6.45, 7) is 0. The van der Waals surface area contributed by atoms with Gasteiger partial charge in [-0.25, -0.2) is 0 Å². The van der Waals surface area contributed by atoms with Gasteiger partial charge >= 0.3 is 6.18 Å². The smallest absolute Gasteiger partial charge is 0.316 e. The van der Waals surface area contributed by atoms with E-state index < -0.39 is 12.1 Å². The molecule has 0 aromatic carbocycles. The molecule has 0 amide bonds. The number of nitrogens with zero attached hydrogens (tertiary/aromatic N) is 1. The second kappa shape index (κ2) is 6.97. The number of rotatable bonds is 4. The lowest BCUT2D eigenvalue weighted by molar-refractivity contribution is -0.186. The van der Waals surface area contributed by atoms with E-state index in [2.05, 4.69) is 10.3 Å². The van der Waals surface area contributed by atoms with E-state index in [-0.39, 0.29) is 24.8 Å². The van der Waals surface area contributed by atoms with Crippen molar-refractivity contribution < 1.29 is 13.2 Å². The highest BCUT2D eigenvalue weighted by Crippen LogP contribution is 2.41. The van der Waals surface area contributed by atoms with Crippen molar-refractivity contribution >= 4 is 11.6 Å². The highest BCUT2D eigenvalue weighted by molar-refractivity contribution is 6.31. The Morgan fingerprint density at radius 1 is 1.43 bits per heavy atom. The summed E-state index contributed by atoms with van der Waals surface area (Å²) in [7, 11) is 1.80. The summed E-state index contributed by atoms with van der Waals surface area (Å²) in [5.41, 5.74) is 0.931. The predicted octanol–water partition coefficient (Wildman–Crippen LogP) is 4.23. The van der Waals surface area contributed by atoms with E-state index in [1.165, 1.54) is 0 Å². The molecule has 1 aliphatic rings. The number of pyridine rings is 1. The zero-order valence-electron chi connectivity index (χ0n) is 12.0. The molecule has 0 spiro atoms. The molecule has 1 heterocycles. The largest absolute Gasteiger partial charge is 0.391 e. The van der Waals surface area contributed by atoms with Gasteiger partial charge in [-0.15, -0.1) is 0 Å². The third-order valence-corrected chi connectivity index (χ3v) is 4.75. The van der Waals surface area contributed by atoms with Crippen molar-refractivity contribution in [2.24, 2.45) is 11.8 Å². The monoisotopic (exact) mass is 320 g/mol. The summed E-state index contributed by atoms with van der Waals surface area (Å²) in [4.78, 5) is 3.93. The van der Waals surface area contributed by atoms with Crippen LogP contribution in [0.25, 0.3) is 0 Å². The average Bonchev–Trinajstić information content (AvgIpc) is 2.46. The first-order valence-corrected chi connectivity index (χ1v) is 7.62. The Morgan fingerprint density at radius 2 is 2.19 bits per heavy atom. The van der Waals surface area contributed by atoms with E-state index >= 15 is 0 Å². The maximum absolute atomic E-state index is 12.9. The van der Waals surface area contributed by atoms with Gasteiger partial charge in [-0.1, -0.05) is 18.0 Å². The zero-order valence-corrected chi connectivity index (χ0v) is 12.7. The fourth-order valence-electron chi connectivity index (χ4n) is 3.20. The average molecular weight is 321 g/mol. The third kappa shape index (κ3) is 4.33. The van der Waals surface area contributed by atoms with Crippen molar-refractivity contribution in [2.75, 3.05) is 7.05 Å². The third-order valence-electron chi connectivity index (χ3n) is 4.41. The van der Waals surface area contributed by atoms with Crippen LogP contribution in [-0.2, 0) is 6.42 Å². The Morgan fingerprint density at radius 3 is 2.81 bits per heavy atom. The second-order valence-electron chi connectivity index (χ2n) is 5.73. The maximum Gasteiger partial charge on any atom is 0.391 e. The molecule has 0 bridgehead atoms. The van der Waals surface area contributed by atoms with Crippen molar-refractivity contribution in [2.45, 2.75) is 44.3 Å². The van der Waals surface area contributed by atoms with Gasteiger partial charge < -0.3 is 5.32 Å². The highest BCUT2D eigenvalue weighted by Gasteiger charge is 2.43. The van der Waals surface area contributed by atoms with Gasteiger partial charge in [0, 0.05) is 18.4 Å². The van der Waals surface area contributed by atoms with Crippen molar-refractivity contribution in [3.05, 3.63) is 29.0 Å². The summed E-state index contributed by atoms with van der Waals surface area (Å²) in [5.74, 6) is -1.14. The highest BCUT2D eigenvalue weighted by atomic mass is 35.5. The molecule has 0 radical (unpaired) electrons. The Labute approximate surface area is 128 Å². The van der Waals surface area contributed by atoms with Gasteiger partial charge in [-0.3, -0.25) is 4.98 Å². The molecular weight excluding hydrogens is 301 g/mol. The summed E-state index contributed by atoms with van der Waals surface area (Å²) < 4.78 is 38.8. The van der Waals surface area contributed by atoms with Crippen LogP contribution < -0.4 is 5.32 Å². The molecule has 0 aliphatic heterocycles. The SMILES string of the molecule is CNC(Cc1ccncc1Cl)C1CCCC(C(F)(F)F)C1. The van der Waals surface area contributed by atoms with Crippen LogP contribution >= 0.6 is 11.6 Å². The van der Waals surface area contributed by atoms with E-state index in [1.54, 1.807) is 19.4 Å². The molecular formula is C15H20ClF3N2. The van der Waals surface area contributed by atoms with Crippen molar-refractivity contribution in [3.8, 4) is 0 Å². The van der Waals surface area contributed by atoms with E-state index in [4.69, 9.17) is 11.6 Å². The van der Waals surface area contributed by atoms with E-state index in [0.717, 1.165) is 12.0 Å². The van der Waals surface area contributed by atoms with Crippen LogP contribution in [0.3, 0.4) is 0 Å². The minimum absolute atomic E-state index is 0.00931. The summed E-state index contributed by atoms with van der Waals surface area (Å²) in [5, 5.41) is 3.74. The van der Waals surface area contributed by atoms with Crippen LogP contribution in [0.1, 0.15) is 31.2 Å². The number of halogens is 4. The zero-order chi connectivity index (χ0) is 15.5. The Bertz CT molecular complexity index is 464. The second-order valence-corrected chi connectivity index (χ2v) is 6.14. The minimum atomic E-state index is -4.08. The van der Waals surface area contributed by atoms with Gasteiger partial charge in [0.2, 0.25) is 0 Å². The van der Waals surface area contributed by atoms with Gasteiger partial charge in [-0.05, 0) is 50.3 Å². The van der Waals surface area contributed by atoms with Crippen molar-refractivity contribution in [3.63, 3.8) is 0 Å². The fourth-order valence-corrected chi connectivity index (χ4v) is 3.40. The first-order valence-electron chi connectivity index (χ1n) is 7.24. The number of hydrogen-bond acceptors (Lipinski definition) is 2. The molecule has 0 saturated heterocycles. The molecule has 1 aliphatic carbocycles. The Hall–Kier alpha value is -0.810. The first-order chi connectivity index (χ1) is 9.91. The number of aromatic nitrogens is 1. The van der Waals surface area contributed by atoms with Crippen LogP contribution in [0.15, 0.2) is 18.5 Å². The standard InChI is InChI=1S/C15H20ClF3N2/c1-20-14(8-10-5-6-21-9-13(10)16)11-3-2-4-12(7-11)15(17,18)19/h5-6,9,11-12,14,20H,2-4,7-8H2,1H3. The topological polar surface area (TPSA) is 24.9 Å². The van der Waals surface area contributed by atoms with Crippen LogP contribution in [0.4, 0.5) is 13.2 Å². The first kappa shape index (κ1) is 16.6. The van der Waals surface area contributed by atoms with Gasteiger partial charge in [0.05, 0.1) is 10.9 Å². The van der Waals surface area contributed by atoms with E-state index in [9.17, 15) is 13.2 Å². The molecule has 1 aromatic rings. The molecule has 6 heteroatoms. The van der Waals surface area contributed by atoms with Gasteiger partial charge in [0.15, 0.2) is 0 Å². The number of likely N-dealkylation sites (N-methyl/N-ethyl adjacent to an activating group) is 1. The molecule has 118 valence electrons. The molecule has 2 rings (SSSR count). The Balaban J connectivity index is 2.05. The van der Waals surface area contributed by atoms with Crippen LogP contribution in [0, 0.1) is 11.8 Å². The predicted molar refractivity (Wildman–Crippen MR) is 77.3 cm³/mol. The normalized spacial score (nSPS) is 24.8. The molecule has 1 N–H and O–H groups in total. The molecule has 2 nitrogen and oxygen atoms in total. The number of hydrogen-bond donors (Lipinski definition) is 1. The number of nitrogens with one attached hydrogen (secondary N) is 1. The van der Waals surface area contributed by atoms with Crippen LogP contribution in [-0.4, -0.2) is 24.2 Å². The van der Waals surface area contributed by atoms with Crippen molar-refractivity contribution in [1.82, 2.24) is 10.3 Å². The van der Waals surface area contributed by atoms with Gasteiger partial charge in [-0.2, -0.15) is 13.2 Å². The lowest BCUT2D eigenvalue weighted by Gasteiger charge is -2.35. The molecule has 3 unspecified atom stereocenters. The van der Waals surface area contributed by atoms with Gasteiger partial charge in [0.25, 0.3) is 0 Å². The lowest BCUT2D eigenvalue weighted by atomic mass is 9.76. The molecule has 3 atom stereocenters. The van der Waals surface area contributed by atoms with Crippen LogP contribution in [0.5, 0.6) is 0 Å². The van der Waals surface area contributed by atoms with Gasteiger partial charge in [0.1, 0.15) is 0 Å². The summed E-state index contributed by atoms with van der Waals surface area (Å²) in [6, 6.07) is 1.84. The summed E-state index contributed by atoms with van der Waals surface area (Å²) >= 11 is 6.10. The summed E-state index contributed by atoms with van der Waals surface area (Å²) in [6.07, 6.45) is 1.72. The molecule has 1 saturated carbocycles. The molecule has 21 heavy (non-hydrogen) atoms. The lowest BCUT2D eigenvalue weighted by Crippen LogP contribution is -2.40. The van der Waals surface area contributed by atoms with E-state index in [0.29, 0.717) is 17.9 Å². The fraction of sp³-hybridized carbons (Fsp3) is 0.667. The van der Waals surface area contributed by atoms with Crippen molar-refractivity contribution in [1.29, 1.82) is 0 Å². The van der Waals surface area contributed by atoms with E-state index in [1.807, 2.05) is 6.07 Å². The number of alkyl halides is 3. The molecule has 1 fully saturated rings.